The van der Waals surface area contributed by atoms with Crippen molar-refractivity contribution >= 4 is 10.2 Å². The van der Waals surface area contributed by atoms with Crippen LogP contribution in [0.25, 0.3) is 11.1 Å². The maximum absolute atomic E-state index is 11.9. The molecule has 0 spiro atoms. The zero-order valence-corrected chi connectivity index (χ0v) is 14.9. The maximum Gasteiger partial charge on any atom is 0.278 e. The molecule has 0 unspecified atom stereocenters. The van der Waals surface area contributed by atoms with Gasteiger partial charge in [-0.25, -0.2) is 4.72 Å². The van der Waals surface area contributed by atoms with E-state index in [-0.39, 0.29) is 5.41 Å². The van der Waals surface area contributed by atoms with Crippen LogP contribution in [0.2, 0.25) is 0 Å². The van der Waals surface area contributed by atoms with E-state index in [9.17, 15) is 8.42 Å². The predicted molar refractivity (Wildman–Crippen MR) is 95.5 cm³/mol. The van der Waals surface area contributed by atoms with Gasteiger partial charge in [0, 0.05) is 26.1 Å². The molecule has 0 saturated heterocycles. The third-order valence-electron chi connectivity index (χ3n) is 3.95. The molecule has 0 radical (unpaired) electrons. The summed E-state index contributed by atoms with van der Waals surface area (Å²) in [5, 5.41) is 0. The van der Waals surface area contributed by atoms with E-state index < -0.39 is 10.2 Å². The van der Waals surface area contributed by atoms with Crippen LogP contribution in [0.4, 0.5) is 0 Å². The number of hydrogen-bond acceptors (Lipinski definition) is 2. The van der Waals surface area contributed by atoms with E-state index in [4.69, 9.17) is 0 Å². The van der Waals surface area contributed by atoms with E-state index in [1.54, 1.807) is 0 Å². The highest BCUT2D eigenvalue weighted by Crippen LogP contribution is 2.26. The van der Waals surface area contributed by atoms with E-state index in [2.05, 4.69) is 41.1 Å². The van der Waals surface area contributed by atoms with E-state index in [0.29, 0.717) is 6.54 Å². The highest BCUT2D eigenvalue weighted by molar-refractivity contribution is 7.87. The molecule has 0 aliphatic carbocycles. The zero-order chi connectivity index (χ0) is 17.1. The number of rotatable bonds is 6. The van der Waals surface area contributed by atoms with Crippen molar-refractivity contribution in [3.63, 3.8) is 0 Å². The van der Waals surface area contributed by atoms with Crippen LogP contribution in [-0.2, 0) is 15.6 Å². The second kappa shape index (κ2) is 6.83. The highest BCUT2D eigenvalue weighted by Gasteiger charge is 2.24. The van der Waals surface area contributed by atoms with Crippen molar-refractivity contribution < 1.29 is 8.42 Å². The first-order valence-electron chi connectivity index (χ1n) is 7.55. The van der Waals surface area contributed by atoms with Crippen LogP contribution in [0.5, 0.6) is 0 Å². The molecule has 5 heteroatoms. The molecule has 23 heavy (non-hydrogen) atoms. The molecule has 0 saturated carbocycles. The second-order valence-corrected chi connectivity index (χ2v) is 8.40. The molecule has 0 bridgehead atoms. The zero-order valence-electron chi connectivity index (χ0n) is 14.1. The molecule has 0 aliphatic heterocycles. The Balaban J connectivity index is 2.14. The monoisotopic (exact) mass is 332 g/mol. The molecule has 2 aromatic rings. The van der Waals surface area contributed by atoms with Crippen molar-refractivity contribution in [1.29, 1.82) is 0 Å². The first-order valence-corrected chi connectivity index (χ1v) is 8.99. The summed E-state index contributed by atoms with van der Waals surface area (Å²) in [6, 6.07) is 18.5. The van der Waals surface area contributed by atoms with Gasteiger partial charge in [0.05, 0.1) is 0 Å². The quantitative estimate of drug-likeness (QED) is 0.884. The van der Waals surface area contributed by atoms with Gasteiger partial charge in [0.15, 0.2) is 0 Å². The van der Waals surface area contributed by atoms with Crippen LogP contribution >= 0.6 is 0 Å². The summed E-state index contributed by atoms with van der Waals surface area (Å²) in [5.41, 5.74) is 3.13. The summed E-state index contributed by atoms with van der Waals surface area (Å²) in [5.74, 6) is 0. The molecule has 0 amide bonds. The third-order valence-corrected chi connectivity index (χ3v) is 5.42. The van der Waals surface area contributed by atoms with E-state index >= 15 is 0 Å². The molecule has 4 nitrogen and oxygen atoms in total. The molecule has 0 atom stereocenters. The summed E-state index contributed by atoms with van der Waals surface area (Å²) >= 11 is 0. The Bertz CT molecular complexity index is 736. The van der Waals surface area contributed by atoms with Crippen LogP contribution in [0.15, 0.2) is 54.6 Å². The van der Waals surface area contributed by atoms with Crippen LogP contribution in [-0.4, -0.2) is 33.4 Å². The van der Waals surface area contributed by atoms with Gasteiger partial charge in [-0.15, -0.1) is 0 Å². The van der Waals surface area contributed by atoms with Gasteiger partial charge >= 0.3 is 0 Å². The Morgan fingerprint density at radius 1 is 0.913 bits per heavy atom. The van der Waals surface area contributed by atoms with Crippen LogP contribution in [0, 0.1) is 0 Å². The Morgan fingerprint density at radius 2 is 1.43 bits per heavy atom. The first-order chi connectivity index (χ1) is 10.7. The minimum absolute atomic E-state index is 0.293. The average Bonchev–Trinajstić information content (AvgIpc) is 2.54. The van der Waals surface area contributed by atoms with Crippen LogP contribution in [0.3, 0.4) is 0 Å². The van der Waals surface area contributed by atoms with E-state index in [1.165, 1.54) is 24.0 Å². The molecule has 0 heterocycles. The van der Waals surface area contributed by atoms with Crippen molar-refractivity contribution in [2.45, 2.75) is 19.3 Å². The molecular formula is C18H24N2O2S. The summed E-state index contributed by atoms with van der Waals surface area (Å²) < 4.78 is 27.5. The molecule has 0 fully saturated rings. The van der Waals surface area contributed by atoms with Crippen molar-refractivity contribution in [3.8, 4) is 11.1 Å². The number of benzene rings is 2. The Hall–Kier alpha value is -1.69. The van der Waals surface area contributed by atoms with E-state index in [1.807, 2.05) is 32.0 Å². The number of nitrogens with one attached hydrogen (secondary N) is 1. The van der Waals surface area contributed by atoms with Crippen LogP contribution in [0.1, 0.15) is 19.4 Å². The maximum atomic E-state index is 11.9. The molecule has 0 aromatic heterocycles. The first kappa shape index (κ1) is 17.7. The fourth-order valence-electron chi connectivity index (χ4n) is 2.25. The van der Waals surface area contributed by atoms with Crippen molar-refractivity contribution in [1.82, 2.24) is 9.03 Å². The molecule has 0 aliphatic rings. The van der Waals surface area contributed by atoms with Gasteiger partial charge in [-0.3, -0.25) is 0 Å². The molecule has 2 rings (SSSR count). The SMILES string of the molecule is CN(C)S(=O)(=O)NCC(C)(C)c1ccc(-c2ccccc2)cc1. The van der Waals surface area contributed by atoms with Gasteiger partial charge in [-0.2, -0.15) is 12.7 Å². The standard InChI is InChI=1S/C18H24N2O2S/c1-18(2,14-19-23(21,22)20(3)4)17-12-10-16(11-13-17)15-8-6-5-7-9-15/h5-13,19H,14H2,1-4H3. The lowest BCUT2D eigenvalue weighted by molar-refractivity contribution is 0.469. The fourth-order valence-corrected chi connectivity index (χ4v) is 3.05. The molecular weight excluding hydrogens is 308 g/mol. The van der Waals surface area contributed by atoms with E-state index in [0.717, 1.165) is 11.1 Å². The smallest absolute Gasteiger partial charge is 0.201 e. The Morgan fingerprint density at radius 3 is 1.96 bits per heavy atom. The number of nitrogens with zero attached hydrogens (tertiary/aromatic N) is 1. The van der Waals surface area contributed by atoms with Crippen LogP contribution < -0.4 is 4.72 Å². The van der Waals surface area contributed by atoms with Crippen molar-refractivity contribution in [3.05, 3.63) is 60.2 Å². The summed E-state index contributed by atoms with van der Waals surface area (Å²) in [7, 11) is -0.372. The molecule has 2 aromatic carbocycles. The topological polar surface area (TPSA) is 49.4 Å². The lowest BCUT2D eigenvalue weighted by Gasteiger charge is -2.26. The second-order valence-electron chi connectivity index (χ2n) is 6.44. The third kappa shape index (κ3) is 4.41. The lowest BCUT2D eigenvalue weighted by atomic mass is 9.84. The van der Waals surface area contributed by atoms with Gasteiger partial charge in [0.1, 0.15) is 0 Å². The van der Waals surface area contributed by atoms with Crippen molar-refractivity contribution in [2.24, 2.45) is 0 Å². The minimum atomic E-state index is -3.41. The van der Waals surface area contributed by atoms with Gasteiger partial charge < -0.3 is 0 Å². The molecule has 1 N–H and O–H groups in total. The Kier molecular flexibility index (Phi) is 5.24. The predicted octanol–water partition coefficient (Wildman–Crippen LogP) is 3.03. The van der Waals surface area contributed by atoms with Gasteiger partial charge in [-0.05, 0) is 16.7 Å². The van der Waals surface area contributed by atoms with Gasteiger partial charge in [0.2, 0.25) is 0 Å². The van der Waals surface area contributed by atoms with Gasteiger partial charge in [0.25, 0.3) is 10.2 Å². The molecule has 124 valence electrons. The summed E-state index contributed by atoms with van der Waals surface area (Å²) in [6.45, 7) is 4.41. The van der Waals surface area contributed by atoms with Gasteiger partial charge in [-0.1, -0.05) is 68.4 Å². The Labute approximate surface area is 139 Å². The number of hydrogen-bond donors (Lipinski definition) is 1. The largest absolute Gasteiger partial charge is 0.278 e. The average molecular weight is 332 g/mol. The highest BCUT2D eigenvalue weighted by atomic mass is 32.2. The summed E-state index contributed by atoms with van der Waals surface area (Å²) in [6.07, 6.45) is 0. The fraction of sp³-hybridized carbons (Fsp3) is 0.333. The summed E-state index contributed by atoms with van der Waals surface area (Å²) in [4.78, 5) is 0. The lowest BCUT2D eigenvalue weighted by Crippen LogP contribution is -2.42. The normalized spacial score (nSPS) is 12.6. The van der Waals surface area contributed by atoms with Crippen molar-refractivity contribution in [2.75, 3.05) is 20.6 Å². The minimum Gasteiger partial charge on any atom is -0.201 e.